The van der Waals surface area contributed by atoms with Gasteiger partial charge >= 0.3 is 0 Å². The minimum Gasteiger partial charge on any atom is -0.368 e. The summed E-state index contributed by atoms with van der Waals surface area (Å²) in [6, 6.07) is 59.8. The summed E-state index contributed by atoms with van der Waals surface area (Å²) in [5.41, 5.74) is 28.9. The first-order valence-electron chi connectivity index (χ1n) is 35.5. The first-order valence-corrected chi connectivity index (χ1v) is 44.3. The van der Waals surface area contributed by atoms with Crippen LogP contribution < -0.4 is 11.2 Å². The molecule has 0 fully saturated rings. The molecular weight excluding hydrogens is 1730 g/mol. The number of hydroxylamine groups is 3. The highest BCUT2D eigenvalue weighted by Crippen LogP contribution is 2.61. The van der Waals surface area contributed by atoms with Gasteiger partial charge in [0.2, 0.25) is 11.7 Å². The summed E-state index contributed by atoms with van der Waals surface area (Å²) >= 11 is 20.9. The van der Waals surface area contributed by atoms with Crippen molar-refractivity contribution in [3.8, 4) is 0 Å². The van der Waals surface area contributed by atoms with E-state index in [2.05, 4.69) is 288 Å². The minimum absolute atomic E-state index is 0. The summed E-state index contributed by atoms with van der Waals surface area (Å²) in [6.45, 7) is 17.1. The van der Waals surface area contributed by atoms with Gasteiger partial charge in [0.25, 0.3) is 0 Å². The molecular formula is C85H92Br6ClN7O4Si. The fourth-order valence-electron chi connectivity index (χ4n) is 16.1. The predicted octanol–water partition coefficient (Wildman–Crippen LogP) is 21.7. The molecule has 19 heteroatoms. The van der Waals surface area contributed by atoms with Crippen molar-refractivity contribution in [3.05, 3.63) is 295 Å². The number of nitrogens with two attached hydrogens (primary N) is 1. The molecule has 1 unspecified atom stereocenters. The highest BCUT2D eigenvalue weighted by molar-refractivity contribution is 9.11. The second-order valence-electron chi connectivity index (χ2n) is 28.7. The van der Waals surface area contributed by atoms with Crippen LogP contribution in [0.25, 0.3) is 4.95 Å². The number of hydrogen-bond acceptors (Lipinski definition) is 10. The molecule has 1 heterocycles. The highest BCUT2D eigenvalue weighted by atomic mass is 79.9. The van der Waals surface area contributed by atoms with Gasteiger partial charge in [0.15, 0.2) is 19.8 Å². The monoisotopic (exact) mass is 1810 g/mol. The maximum atomic E-state index is 13.0. The molecule has 0 amide bonds. The number of guanidine groups is 1. The normalized spacial score (nSPS) is 18.4. The quantitative estimate of drug-likeness (QED) is 0.0511. The predicted molar refractivity (Wildman–Crippen MR) is 452 cm³/mol. The topological polar surface area (TPSA) is 146 Å². The van der Waals surface area contributed by atoms with Crippen LogP contribution in [-0.2, 0) is 87.6 Å². The number of hydrogen-bond donors (Lipinski definition) is 3. The molecule has 4 N–H and O–H groups in total. The van der Waals surface area contributed by atoms with Gasteiger partial charge in [-0.25, -0.2) is 20.4 Å². The highest BCUT2D eigenvalue weighted by Gasteiger charge is 2.63. The zero-order chi connectivity index (χ0) is 73.5. The van der Waals surface area contributed by atoms with Gasteiger partial charge in [-0.3, -0.25) is 14.2 Å². The fourth-order valence-corrected chi connectivity index (χ4v) is 18.9. The third kappa shape index (κ3) is 19.4. The minimum atomic E-state index is -1.21. The summed E-state index contributed by atoms with van der Waals surface area (Å²) in [4.78, 5) is 39.0. The Morgan fingerprint density at radius 2 is 0.981 bits per heavy atom. The molecule has 0 aromatic heterocycles. The first kappa shape index (κ1) is 82.3. The maximum Gasteiger partial charge on any atom is 0.220 e. The number of alkyl halides is 2. The fraction of sp³-hybridized carbons (Fsp3) is 0.353. The lowest BCUT2D eigenvalue weighted by Gasteiger charge is -2.40. The van der Waals surface area contributed by atoms with Crippen LogP contribution in [0.4, 0.5) is 0 Å². The van der Waals surface area contributed by atoms with E-state index < -0.39 is 14.0 Å². The van der Waals surface area contributed by atoms with E-state index in [4.69, 9.17) is 27.3 Å². The summed E-state index contributed by atoms with van der Waals surface area (Å²) < 4.78 is 8.14. The van der Waals surface area contributed by atoms with E-state index in [9.17, 15) is 9.59 Å². The number of aryl methyl sites for hydroxylation is 9. The van der Waals surface area contributed by atoms with E-state index in [1.807, 2.05) is 31.3 Å². The van der Waals surface area contributed by atoms with Crippen LogP contribution in [0.5, 0.6) is 0 Å². The number of nitrogens with one attached hydrogen (secondary N) is 1. The molecule has 0 radical (unpaired) electrons. The van der Waals surface area contributed by atoms with Gasteiger partial charge in [0.1, 0.15) is 5.71 Å². The Hall–Kier alpha value is -5.75. The van der Waals surface area contributed by atoms with Gasteiger partial charge in [-0.1, -0.05) is 217 Å². The van der Waals surface area contributed by atoms with Crippen molar-refractivity contribution in [1.82, 2.24) is 10.5 Å². The summed E-state index contributed by atoms with van der Waals surface area (Å²) in [5, 5.41) is 15.3. The number of halogens is 7. The Morgan fingerprint density at radius 1 is 0.577 bits per heavy atom. The zero-order valence-corrected chi connectivity index (χ0v) is 71.2. The van der Waals surface area contributed by atoms with Gasteiger partial charge in [-0.15, -0.1) is 17.4 Å². The Kier molecular flexibility index (Phi) is 29.6. The second-order valence-corrected chi connectivity index (χ2v) is 38.5. The number of benzene rings is 8. The molecule has 16 rings (SSSR count). The molecule has 7 aliphatic carbocycles. The molecule has 8 aromatic rings. The Bertz CT molecular complexity index is 4440. The van der Waals surface area contributed by atoms with Gasteiger partial charge < -0.3 is 10.9 Å². The van der Waals surface area contributed by atoms with E-state index in [0.717, 1.165) is 167 Å². The zero-order valence-electron chi connectivity index (χ0n) is 59.9. The molecule has 1 aliphatic heterocycles. The molecule has 4 spiro atoms. The molecule has 544 valence electrons. The van der Waals surface area contributed by atoms with Gasteiger partial charge in [0, 0.05) is 87.6 Å². The van der Waals surface area contributed by atoms with Crippen LogP contribution in [0.2, 0.25) is 19.6 Å². The van der Waals surface area contributed by atoms with Crippen molar-refractivity contribution in [2.45, 2.75) is 147 Å². The summed E-state index contributed by atoms with van der Waals surface area (Å²) in [6.07, 6.45) is 19.3. The van der Waals surface area contributed by atoms with Crippen LogP contribution in [-0.4, -0.2) is 72.4 Å². The molecule has 104 heavy (non-hydrogen) atoms. The maximum absolute atomic E-state index is 13.0. The Labute approximate surface area is 672 Å². The van der Waals surface area contributed by atoms with Crippen LogP contribution in [0.15, 0.2) is 209 Å². The number of ketones is 2. The summed E-state index contributed by atoms with van der Waals surface area (Å²) in [5.74, 6) is 3.65. The van der Waals surface area contributed by atoms with Crippen molar-refractivity contribution in [3.63, 3.8) is 0 Å². The van der Waals surface area contributed by atoms with Crippen molar-refractivity contribution in [2.75, 3.05) is 24.8 Å². The molecule has 8 aliphatic rings. The molecule has 0 bridgehead atoms. The number of nitrogens with zero attached hydrogens (tertiary/aromatic N) is 5. The smallest absolute Gasteiger partial charge is 0.220 e. The Balaban J connectivity index is 0.000000150. The average Bonchev–Trinajstić information content (AvgIpc) is 1.56. The lowest BCUT2D eigenvalue weighted by molar-refractivity contribution is -0.224. The van der Waals surface area contributed by atoms with Crippen molar-refractivity contribution in [1.29, 1.82) is 0 Å². The Morgan fingerprint density at radius 3 is 1.41 bits per heavy atom. The summed E-state index contributed by atoms with van der Waals surface area (Å²) in [7, 11) is 2.07. The molecule has 0 saturated heterocycles. The average molecular weight is 1820 g/mol. The SMILES string of the molecule is BrCCc1ccccc1CCBr.C=C=N[Si](C)(C)C.CN1OC2(N=C1N)c1cc(Br)ccc1CC21CCc2ccccc2CC1.CNO.Cl.O=C1CCc2ccc(Br)cc21.O=C1c2cc(Br)ccc2CC12CCc1ccccc1CC2.[C-]#[N+]/N=C1\c2cc(Br)ccc2CC12CCc1ccccc1CC2. The third-order valence-corrected chi connectivity index (χ3v) is 24.8. The van der Waals surface area contributed by atoms with Crippen LogP contribution in [0.1, 0.15) is 144 Å². The molecule has 0 saturated carbocycles. The van der Waals surface area contributed by atoms with E-state index in [1.54, 1.807) is 10.5 Å². The van der Waals surface area contributed by atoms with Crippen molar-refractivity contribution >= 4 is 145 Å². The number of aliphatic imine (C=N–C) groups is 1. The van der Waals surface area contributed by atoms with Crippen LogP contribution >= 0.6 is 108 Å². The number of fused-ring (bicyclic) bond motifs is 9. The second kappa shape index (κ2) is 37.4. The lowest BCUT2D eigenvalue weighted by Crippen LogP contribution is -2.43. The number of carbonyl (C=O) groups excluding carboxylic acids is 2. The first-order chi connectivity index (χ1) is 49.6. The largest absolute Gasteiger partial charge is 0.368 e. The van der Waals surface area contributed by atoms with Crippen molar-refractivity contribution < 1.29 is 19.6 Å². The van der Waals surface area contributed by atoms with E-state index in [1.165, 1.54) is 79.4 Å². The third-order valence-electron chi connectivity index (χ3n) is 21.2. The molecule has 8 aromatic carbocycles. The molecule has 1 atom stereocenters. The number of carbonyl (C=O) groups is 2. The lowest BCUT2D eigenvalue weighted by atomic mass is 9.71. The molecule has 11 nitrogen and oxygen atoms in total. The number of rotatable bonds is 5. The van der Waals surface area contributed by atoms with Gasteiger partial charge in [-0.2, -0.15) is 6.57 Å². The van der Waals surface area contributed by atoms with Crippen LogP contribution in [0, 0.1) is 22.8 Å². The number of Topliss-reactive ketones (excluding diaryl/α,β-unsaturated/α-hetero) is 2. The van der Waals surface area contributed by atoms with Gasteiger partial charge in [-0.05, 0) is 263 Å². The van der Waals surface area contributed by atoms with E-state index in [-0.39, 0.29) is 34.4 Å². The standard InChI is InChI=1S/C21H22BrN3O.C20H17BrN2.C19H17BrO.C10H12Br2.C9H7BrO.C5H11NSi.CH5NO.ClH/c1-25-19(23)24-21(26-25)18-12-17(22)7-6-16(18)13-20(21)10-8-14-4-2-3-5-15(14)9-11-20;1-22-23-19-18-12-17(21)7-6-16(18)13-20(19)10-8-14-4-2-3-5-15(14)9-11-20;20-16-6-5-15-12-19(18(21)17(15)11-16)9-7-13-3-1-2-4-14(13)8-10-19;11-7-5-9-3-1-2-4-10(9)6-8-12;10-7-3-1-6-2-4-9(11)8(6)5-7;1-5-6-7(2,3)4;1-2-3;/h2-7,12H,8-11,13H2,1H3,(H2,23,24);2-7,12H,8-11,13H2;1-6,11H,7-10,12H2;1-4H,5-8H2;1,3,5H,2,4H2;1H2,2-4H3;2-3H,1H3;1H/b;23-19+;;;;;;. The van der Waals surface area contributed by atoms with Crippen molar-refractivity contribution in [2.24, 2.45) is 36.7 Å². The van der Waals surface area contributed by atoms with Crippen LogP contribution in [0.3, 0.4) is 0 Å². The van der Waals surface area contributed by atoms with E-state index >= 15 is 0 Å². The van der Waals surface area contributed by atoms with Gasteiger partial charge in [0.05, 0.1) is 5.10 Å². The van der Waals surface area contributed by atoms with E-state index in [0.29, 0.717) is 18.2 Å².